The van der Waals surface area contributed by atoms with Crippen molar-refractivity contribution in [1.82, 2.24) is 41.9 Å². The molecule has 0 radical (unpaired) electrons. The lowest BCUT2D eigenvalue weighted by molar-refractivity contribution is -0.115. The summed E-state index contributed by atoms with van der Waals surface area (Å²) in [5, 5.41) is 49.3. The molecule has 102 heavy (non-hydrogen) atoms. The minimum absolute atomic E-state index is 0.0450. The number of fused-ring (bicyclic) bond motifs is 3. The molecule has 6 aromatic carbocycles. The molecule has 20 heteroatoms. The van der Waals surface area contributed by atoms with Crippen LogP contribution < -0.4 is 46.1 Å². The normalized spacial score (nSPS) is 15.6. The summed E-state index contributed by atoms with van der Waals surface area (Å²) in [7, 11) is 0. The molecule has 3 fully saturated rings. The van der Waals surface area contributed by atoms with E-state index in [9.17, 15) is 29.7 Å². The van der Waals surface area contributed by atoms with Gasteiger partial charge in [0.2, 0.25) is 0 Å². The van der Waals surface area contributed by atoms with Gasteiger partial charge in [0.25, 0.3) is 17.7 Å². The zero-order valence-electron chi connectivity index (χ0n) is 58.7. The molecule has 9 N–H and O–H groups in total. The van der Waals surface area contributed by atoms with E-state index in [1.165, 1.54) is 88.4 Å². The number of carbonyl (C=O) groups is 3. The first-order chi connectivity index (χ1) is 49.7. The van der Waals surface area contributed by atoms with Gasteiger partial charge < -0.3 is 65.8 Å². The van der Waals surface area contributed by atoms with Crippen molar-refractivity contribution in [2.45, 2.75) is 140 Å². The second-order valence-electron chi connectivity index (χ2n) is 27.0. The first-order valence-corrected chi connectivity index (χ1v) is 37.3. The van der Waals surface area contributed by atoms with Crippen LogP contribution in [-0.2, 0) is 30.5 Å². The Morgan fingerprint density at radius 3 is 1.31 bits per heavy atom. The van der Waals surface area contributed by atoms with Crippen LogP contribution in [0, 0.1) is 17.8 Å². The van der Waals surface area contributed by atoms with E-state index in [0.29, 0.717) is 54.1 Å². The van der Waals surface area contributed by atoms with E-state index in [1.54, 1.807) is 12.1 Å². The number of para-hydroxylation sites is 4. The minimum atomic E-state index is -0.663. The number of hydrogen-bond donors (Lipinski definition) is 9. The van der Waals surface area contributed by atoms with E-state index in [0.717, 1.165) is 145 Å². The third-order valence-electron chi connectivity index (χ3n) is 19.3. The number of thiazole rings is 1. The molecule has 4 aliphatic rings. The maximum Gasteiger partial charge on any atom is 0.307 e. The van der Waals surface area contributed by atoms with E-state index in [-0.39, 0.29) is 35.0 Å². The Balaban J connectivity index is 0.000000165. The van der Waals surface area contributed by atoms with Gasteiger partial charge in [-0.25, -0.2) is 15.0 Å². The number of benzene rings is 6. The Kier molecular flexibility index (Phi) is 29.4. The van der Waals surface area contributed by atoms with Crippen molar-refractivity contribution in [3.8, 4) is 17.2 Å². The number of aromatic nitrogens is 2. The summed E-state index contributed by atoms with van der Waals surface area (Å²) >= 11 is 1.33. The molecular formula is C82H101N9O10S. The highest BCUT2D eigenvalue weighted by atomic mass is 32.1. The Morgan fingerprint density at radius 2 is 0.882 bits per heavy atom. The van der Waals surface area contributed by atoms with Gasteiger partial charge in [0.05, 0.1) is 53.9 Å². The molecule has 540 valence electrons. The van der Waals surface area contributed by atoms with Crippen molar-refractivity contribution in [2.24, 2.45) is 22.7 Å². The number of aliphatic hydroxyl groups is 3. The number of ether oxygens (including phenoxy) is 3. The lowest BCUT2D eigenvalue weighted by atomic mass is 9.93. The Bertz CT molecular complexity index is 3760. The van der Waals surface area contributed by atoms with E-state index >= 15 is 0 Å². The molecule has 3 saturated heterocycles. The van der Waals surface area contributed by atoms with Crippen LogP contribution in [0.3, 0.4) is 0 Å². The second-order valence-corrected chi connectivity index (χ2v) is 28.1. The Labute approximate surface area is 603 Å². The van der Waals surface area contributed by atoms with Gasteiger partial charge in [0.1, 0.15) is 45.8 Å². The number of carbonyl (C=O) groups excluding carboxylic acids is 3. The number of rotatable bonds is 33. The largest absolute Gasteiger partial charge is 0.511 e. The Morgan fingerprint density at radius 1 is 0.480 bits per heavy atom. The number of hydrogen-bond acceptors (Lipinski definition) is 17. The fourth-order valence-corrected chi connectivity index (χ4v) is 14.1. The van der Waals surface area contributed by atoms with Crippen LogP contribution in [0.25, 0.3) is 21.3 Å². The molecule has 4 aliphatic heterocycles. The third-order valence-corrected chi connectivity index (χ3v) is 20.3. The average molecular weight is 1400 g/mol. The molecular weight excluding hydrogens is 1300 g/mol. The van der Waals surface area contributed by atoms with Gasteiger partial charge in [-0.2, -0.15) is 0 Å². The summed E-state index contributed by atoms with van der Waals surface area (Å²) in [6, 6.07) is 44.0. The van der Waals surface area contributed by atoms with Crippen molar-refractivity contribution >= 4 is 61.8 Å². The Hall–Kier alpha value is -9.34. The molecule has 0 saturated carbocycles. The molecule has 3 amide bonds. The van der Waals surface area contributed by atoms with Gasteiger partial charge in [-0.1, -0.05) is 118 Å². The number of nitrogens with zero attached hydrogens (tertiary/aromatic N) is 3. The lowest BCUT2D eigenvalue weighted by Gasteiger charge is -2.22. The van der Waals surface area contributed by atoms with Crippen molar-refractivity contribution in [3.05, 3.63) is 216 Å². The average Bonchev–Trinajstić information content (AvgIpc) is 1.69. The van der Waals surface area contributed by atoms with Crippen molar-refractivity contribution in [2.75, 3.05) is 59.1 Å². The number of amides is 3. The minimum Gasteiger partial charge on any atom is -0.511 e. The van der Waals surface area contributed by atoms with E-state index in [1.807, 2.05) is 133 Å². The quantitative estimate of drug-likeness (QED) is 0.0137. The molecule has 8 aromatic rings. The van der Waals surface area contributed by atoms with Crippen LogP contribution in [0.5, 0.6) is 17.2 Å². The highest BCUT2D eigenvalue weighted by molar-refractivity contribution is 7.20. The topological polar surface area (TPSA) is 263 Å². The van der Waals surface area contributed by atoms with Crippen LogP contribution in [0.4, 0.5) is 5.69 Å². The molecule has 12 rings (SSSR count). The fourth-order valence-electron chi connectivity index (χ4n) is 13.2. The first-order valence-electron chi connectivity index (χ1n) is 36.4. The van der Waals surface area contributed by atoms with Crippen molar-refractivity contribution < 1.29 is 48.3 Å². The van der Waals surface area contributed by atoms with Gasteiger partial charge in [-0.15, -0.1) is 11.3 Å². The van der Waals surface area contributed by atoms with Gasteiger partial charge in [-0.3, -0.25) is 14.4 Å². The van der Waals surface area contributed by atoms with E-state index in [2.05, 4.69) is 66.6 Å². The zero-order valence-corrected chi connectivity index (χ0v) is 59.5. The summed E-state index contributed by atoms with van der Waals surface area (Å²) in [4.78, 5) is 51.1. The zero-order chi connectivity index (χ0) is 71.3. The summed E-state index contributed by atoms with van der Waals surface area (Å²) < 4.78 is 24.1. The standard InChI is InChI=1S/C28H35N3O3.C27H33N3O4.C27H33N3O3S/c1-20(32)26(31-28(33)27-19-23-7-2-3-8-25(23)30-27)18-22-9-11-24(12-10-22)34-17-5-4-6-21-13-15-29-16-14-21;2*1-19(31)24(29-26(32)27-30-23-7-2-3-8-25(23)34-27)18-21-9-11-22(12-10-21)33-17-5-4-6-20-13-15-28-16-14-20/h2-3,7-12,21,26,29,32H,1,4-6,13-19H2,(H,31,33);2*2-3,7-12,20,24,28,31H,1,4-6,13-18H2,(H,29,32). The summed E-state index contributed by atoms with van der Waals surface area (Å²) in [5.74, 6) is 3.68. The first kappa shape index (κ1) is 75.3. The second kappa shape index (κ2) is 39.8. The van der Waals surface area contributed by atoms with Crippen LogP contribution in [0.1, 0.15) is 139 Å². The van der Waals surface area contributed by atoms with Crippen LogP contribution in [0.15, 0.2) is 192 Å². The summed E-state index contributed by atoms with van der Waals surface area (Å²) in [6.45, 7) is 20.0. The van der Waals surface area contributed by atoms with Crippen molar-refractivity contribution in [1.29, 1.82) is 0 Å². The molecule has 0 aliphatic carbocycles. The van der Waals surface area contributed by atoms with Gasteiger partial charge in [0.15, 0.2) is 10.6 Å². The number of aliphatic hydroxyl groups excluding tert-OH is 3. The lowest BCUT2D eigenvalue weighted by Crippen LogP contribution is -2.41. The number of oxazole rings is 1. The summed E-state index contributed by atoms with van der Waals surface area (Å²) in [5.41, 5.74) is 7.15. The highest BCUT2D eigenvalue weighted by Gasteiger charge is 2.26. The molecule has 19 nitrogen and oxygen atoms in total. The molecule has 0 bridgehead atoms. The fraction of sp³-hybridized carbons (Fsp3) is 0.415. The highest BCUT2D eigenvalue weighted by Crippen LogP contribution is 2.29. The van der Waals surface area contributed by atoms with E-state index in [4.69, 9.17) is 18.6 Å². The number of unbranched alkanes of at least 4 members (excludes halogenated alkanes) is 3. The predicted octanol–water partition coefficient (Wildman–Crippen LogP) is 14.7. The van der Waals surface area contributed by atoms with E-state index < -0.39 is 24.0 Å². The smallest absolute Gasteiger partial charge is 0.307 e. The summed E-state index contributed by atoms with van der Waals surface area (Å²) in [6.07, 6.45) is 20.2. The van der Waals surface area contributed by atoms with Gasteiger partial charge in [0, 0.05) is 6.42 Å². The van der Waals surface area contributed by atoms with Crippen molar-refractivity contribution in [3.63, 3.8) is 0 Å². The molecule has 2 aromatic heterocycles. The monoisotopic (exact) mass is 1400 g/mol. The maximum absolute atomic E-state index is 12.7. The maximum atomic E-state index is 12.7. The predicted molar refractivity (Wildman–Crippen MR) is 406 cm³/mol. The number of piperidine rings is 3. The molecule has 0 spiro atoms. The molecule has 6 heterocycles. The number of nitrogens with one attached hydrogen (secondary N) is 6. The van der Waals surface area contributed by atoms with Crippen LogP contribution in [-0.4, -0.2) is 126 Å². The van der Waals surface area contributed by atoms with Crippen LogP contribution >= 0.6 is 11.3 Å². The molecule has 3 unspecified atom stereocenters. The van der Waals surface area contributed by atoms with Crippen LogP contribution in [0.2, 0.25) is 0 Å². The third kappa shape index (κ3) is 24.2. The van der Waals surface area contributed by atoms with Gasteiger partial charge >= 0.3 is 5.91 Å². The van der Waals surface area contributed by atoms with Gasteiger partial charge in [-0.05, 0) is 242 Å². The SMILES string of the molecule is C=C(O)C(Cc1ccc(OCCCCC2CCNCC2)cc1)NC(=O)C1=Nc2ccccc2C1.C=C(O)C(Cc1ccc(OCCCCC2CCNCC2)cc1)NC(=O)c1nc2ccccc2o1.C=C(O)C(Cc1ccc(OCCCCC2CCNCC2)cc1)NC(=O)c1nc2ccccc2s1. The number of aliphatic imine (C=N–C) groups is 1. The molecule has 3 atom stereocenters.